The molecule has 1 unspecified atom stereocenters. The van der Waals surface area contributed by atoms with E-state index in [9.17, 15) is 9.59 Å². The highest BCUT2D eigenvalue weighted by molar-refractivity contribution is 7.98. The number of carboxylic acids is 1. The van der Waals surface area contributed by atoms with Crippen LogP contribution in [0.2, 0.25) is 0 Å². The third-order valence-corrected chi connectivity index (χ3v) is 3.54. The van der Waals surface area contributed by atoms with Crippen molar-refractivity contribution in [2.75, 3.05) is 32.1 Å². The minimum absolute atomic E-state index is 0.0587. The maximum absolute atomic E-state index is 12.2. The highest BCUT2D eigenvalue weighted by Gasteiger charge is 2.24. The van der Waals surface area contributed by atoms with Crippen molar-refractivity contribution in [3.63, 3.8) is 0 Å². The van der Waals surface area contributed by atoms with Crippen LogP contribution in [0.3, 0.4) is 0 Å². The molecule has 5 nitrogen and oxygen atoms in total. The van der Waals surface area contributed by atoms with Gasteiger partial charge in [0, 0.05) is 19.6 Å². The van der Waals surface area contributed by atoms with Crippen molar-refractivity contribution in [2.45, 2.75) is 32.7 Å². The lowest BCUT2D eigenvalue weighted by Crippen LogP contribution is -2.48. The summed E-state index contributed by atoms with van der Waals surface area (Å²) in [7, 11) is 1.72. The van der Waals surface area contributed by atoms with Gasteiger partial charge in [-0.3, -0.25) is 4.79 Å². The quantitative estimate of drug-likeness (QED) is 0.689. The standard InChI is InChI=1S/C12H24N2O3S/c1-5-10(2)14(9-11(15)16)12(17)13(3)7-6-8-18-4/h10H,5-9H2,1-4H3,(H,15,16). The molecule has 0 aromatic carbocycles. The Morgan fingerprint density at radius 1 is 1.39 bits per heavy atom. The first kappa shape index (κ1) is 17.1. The van der Waals surface area contributed by atoms with Gasteiger partial charge in [0.15, 0.2) is 0 Å². The largest absolute Gasteiger partial charge is 0.480 e. The van der Waals surface area contributed by atoms with E-state index in [0.717, 1.165) is 18.6 Å². The monoisotopic (exact) mass is 276 g/mol. The third kappa shape index (κ3) is 6.14. The second-order valence-electron chi connectivity index (χ2n) is 4.33. The van der Waals surface area contributed by atoms with Crippen LogP contribution < -0.4 is 0 Å². The van der Waals surface area contributed by atoms with E-state index in [1.807, 2.05) is 20.1 Å². The summed E-state index contributed by atoms with van der Waals surface area (Å²) in [5, 5.41) is 8.86. The van der Waals surface area contributed by atoms with E-state index in [2.05, 4.69) is 0 Å². The molecule has 6 heteroatoms. The number of rotatable bonds is 8. The zero-order valence-corrected chi connectivity index (χ0v) is 12.5. The van der Waals surface area contributed by atoms with Crippen LogP contribution in [0.15, 0.2) is 0 Å². The first-order valence-electron chi connectivity index (χ1n) is 6.16. The summed E-state index contributed by atoms with van der Waals surface area (Å²) in [5.41, 5.74) is 0. The molecule has 0 bridgehead atoms. The van der Waals surface area contributed by atoms with Gasteiger partial charge in [-0.15, -0.1) is 0 Å². The molecule has 0 rings (SSSR count). The van der Waals surface area contributed by atoms with Crippen LogP contribution in [0.5, 0.6) is 0 Å². The minimum Gasteiger partial charge on any atom is -0.480 e. The van der Waals surface area contributed by atoms with Gasteiger partial charge in [-0.25, -0.2) is 4.79 Å². The Hall–Kier alpha value is -0.910. The highest BCUT2D eigenvalue weighted by Crippen LogP contribution is 2.08. The van der Waals surface area contributed by atoms with Gasteiger partial charge in [0.05, 0.1) is 0 Å². The zero-order valence-electron chi connectivity index (χ0n) is 11.7. The predicted octanol–water partition coefficient (Wildman–Crippen LogP) is 1.98. The lowest BCUT2D eigenvalue weighted by Gasteiger charge is -2.31. The number of amides is 2. The van der Waals surface area contributed by atoms with Crippen molar-refractivity contribution in [3.05, 3.63) is 0 Å². The SMILES string of the molecule is CCC(C)N(CC(=O)O)C(=O)N(C)CCCSC. The second-order valence-corrected chi connectivity index (χ2v) is 5.31. The van der Waals surface area contributed by atoms with Crippen LogP contribution in [0, 0.1) is 0 Å². The Bertz CT molecular complexity index is 274. The van der Waals surface area contributed by atoms with Crippen molar-refractivity contribution < 1.29 is 14.7 Å². The molecule has 0 saturated heterocycles. The van der Waals surface area contributed by atoms with Crippen LogP contribution in [0.1, 0.15) is 26.7 Å². The Morgan fingerprint density at radius 3 is 2.44 bits per heavy atom. The van der Waals surface area contributed by atoms with E-state index in [0.29, 0.717) is 6.54 Å². The molecule has 1 N–H and O–H groups in total. The molecular formula is C12H24N2O3S. The molecule has 0 aliphatic rings. The second kappa shape index (κ2) is 9.08. The van der Waals surface area contributed by atoms with Gasteiger partial charge < -0.3 is 14.9 Å². The summed E-state index contributed by atoms with van der Waals surface area (Å²) in [6.45, 7) is 4.24. The zero-order chi connectivity index (χ0) is 14.1. The van der Waals surface area contributed by atoms with E-state index in [-0.39, 0.29) is 18.6 Å². The third-order valence-electron chi connectivity index (χ3n) is 2.84. The fourth-order valence-electron chi connectivity index (χ4n) is 1.54. The number of hydrogen-bond donors (Lipinski definition) is 1. The van der Waals surface area contributed by atoms with E-state index in [1.54, 1.807) is 23.7 Å². The topological polar surface area (TPSA) is 60.9 Å². The van der Waals surface area contributed by atoms with Crippen LogP contribution >= 0.6 is 11.8 Å². The maximum atomic E-state index is 12.2. The number of hydrogen-bond acceptors (Lipinski definition) is 3. The Kier molecular flexibility index (Phi) is 8.62. The number of carboxylic acid groups (broad SMARTS) is 1. The Labute approximate surface area is 114 Å². The summed E-state index contributed by atoms with van der Waals surface area (Å²) in [6.07, 6.45) is 3.69. The van der Waals surface area contributed by atoms with Crippen LogP contribution in [-0.2, 0) is 4.79 Å². The van der Waals surface area contributed by atoms with Gasteiger partial charge >= 0.3 is 12.0 Å². The molecule has 0 saturated carbocycles. The van der Waals surface area contributed by atoms with Crippen LogP contribution in [0.4, 0.5) is 4.79 Å². The smallest absolute Gasteiger partial charge is 0.323 e. The predicted molar refractivity (Wildman–Crippen MR) is 75.1 cm³/mol. The molecular weight excluding hydrogens is 252 g/mol. The number of nitrogens with zero attached hydrogens (tertiary/aromatic N) is 2. The molecule has 0 aromatic rings. The maximum Gasteiger partial charge on any atom is 0.323 e. The molecule has 0 aliphatic carbocycles. The Morgan fingerprint density at radius 2 is 2.00 bits per heavy atom. The molecule has 0 fully saturated rings. The molecule has 2 amide bonds. The average molecular weight is 276 g/mol. The number of urea groups is 1. The average Bonchev–Trinajstić information content (AvgIpc) is 2.34. The molecule has 18 heavy (non-hydrogen) atoms. The molecule has 0 aliphatic heterocycles. The fourth-order valence-corrected chi connectivity index (χ4v) is 1.96. The molecule has 0 spiro atoms. The first-order valence-corrected chi connectivity index (χ1v) is 7.55. The van der Waals surface area contributed by atoms with Gasteiger partial charge in [-0.2, -0.15) is 11.8 Å². The normalized spacial score (nSPS) is 12.0. The fraction of sp³-hybridized carbons (Fsp3) is 0.833. The number of carbonyl (C=O) groups excluding carboxylic acids is 1. The minimum atomic E-state index is -0.971. The van der Waals surface area contributed by atoms with E-state index in [4.69, 9.17) is 5.11 Å². The summed E-state index contributed by atoms with van der Waals surface area (Å²) in [5.74, 6) is 0.0287. The lowest BCUT2D eigenvalue weighted by atomic mass is 10.2. The molecule has 0 radical (unpaired) electrons. The van der Waals surface area contributed by atoms with Gasteiger partial charge in [0.2, 0.25) is 0 Å². The molecule has 106 valence electrons. The number of aliphatic carboxylic acids is 1. The van der Waals surface area contributed by atoms with Crippen LogP contribution in [0.25, 0.3) is 0 Å². The number of thioether (sulfide) groups is 1. The van der Waals surface area contributed by atoms with Gasteiger partial charge in [0.1, 0.15) is 6.54 Å². The number of carbonyl (C=O) groups is 2. The van der Waals surface area contributed by atoms with Gasteiger partial charge in [-0.1, -0.05) is 6.92 Å². The van der Waals surface area contributed by atoms with Crippen molar-refractivity contribution in [3.8, 4) is 0 Å². The van der Waals surface area contributed by atoms with Crippen molar-refractivity contribution in [1.82, 2.24) is 9.80 Å². The van der Waals surface area contributed by atoms with E-state index in [1.165, 1.54) is 4.90 Å². The van der Waals surface area contributed by atoms with Crippen molar-refractivity contribution >= 4 is 23.8 Å². The summed E-state index contributed by atoms with van der Waals surface area (Å²) >= 11 is 1.74. The van der Waals surface area contributed by atoms with E-state index >= 15 is 0 Å². The van der Waals surface area contributed by atoms with Crippen molar-refractivity contribution in [2.24, 2.45) is 0 Å². The molecule has 0 aromatic heterocycles. The highest BCUT2D eigenvalue weighted by atomic mass is 32.2. The molecule has 1 atom stereocenters. The summed E-state index contributed by atoms with van der Waals surface area (Å²) < 4.78 is 0. The van der Waals surface area contributed by atoms with Gasteiger partial charge in [0.25, 0.3) is 0 Å². The lowest BCUT2D eigenvalue weighted by molar-refractivity contribution is -0.138. The van der Waals surface area contributed by atoms with Crippen LogP contribution in [-0.4, -0.2) is 65.1 Å². The summed E-state index contributed by atoms with van der Waals surface area (Å²) in [4.78, 5) is 26.0. The first-order chi connectivity index (χ1) is 8.43. The summed E-state index contributed by atoms with van der Waals surface area (Å²) in [6, 6.07) is -0.260. The van der Waals surface area contributed by atoms with E-state index < -0.39 is 5.97 Å². The molecule has 0 heterocycles. The Balaban J connectivity index is 4.48. The van der Waals surface area contributed by atoms with Crippen molar-refractivity contribution in [1.29, 1.82) is 0 Å². The van der Waals surface area contributed by atoms with Gasteiger partial charge in [-0.05, 0) is 31.8 Å².